The number of aliphatic imine (C=N–C) groups is 1. The Kier molecular flexibility index (Phi) is 12.1. The Bertz CT molecular complexity index is 385. The van der Waals surface area contributed by atoms with E-state index in [1.165, 1.54) is 0 Å². The molecule has 0 aliphatic carbocycles. The molecule has 0 radical (unpaired) electrons. The Morgan fingerprint density at radius 1 is 1.32 bits per heavy atom. The number of hydrogen-bond donors (Lipinski definition) is 2. The second kappa shape index (κ2) is 13.8. The Morgan fingerprint density at radius 3 is 2.95 bits per heavy atom. The number of thioether (sulfide) groups is 1. The van der Waals surface area contributed by atoms with Crippen molar-refractivity contribution in [3.05, 3.63) is 11.6 Å². The zero-order chi connectivity index (χ0) is 15.9. The first-order chi connectivity index (χ1) is 10.9. The van der Waals surface area contributed by atoms with Crippen LogP contribution in [0.2, 0.25) is 0 Å². The van der Waals surface area contributed by atoms with Crippen molar-refractivity contribution in [1.29, 1.82) is 0 Å². The highest BCUT2D eigenvalue weighted by molar-refractivity contribution is 8.00. The van der Waals surface area contributed by atoms with Gasteiger partial charge < -0.3 is 15.4 Å². The van der Waals surface area contributed by atoms with Gasteiger partial charge in [0.05, 0.1) is 0 Å². The highest BCUT2D eigenvalue weighted by Gasteiger charge is 1.98. The summed E-state index contributed by atoms with van der Waals surface area (Å²) in [5, 5.41) is 8.66. The summed E-state index contributed by atoms with van der Waals surface area (Å²) >= 11 is 3.50. The molecule has 0 saturated carbocycles. The normalized spacial score (nSPS) is 11.6. The van der Waals surface area contributed by atoms with Gasteiger partial charge in [0.25, 0.3) is 0 Å². The molecule has 5 nitrogen and oxygen atoms in total. The van der Waals surface area contributed by atoms with Crippen LogP contribution in [-0.4, -0.2) is 49.5 Å². The minimum absolute atomic E-state index is 0.802. The summed E-state index contributed by atoms with van der Waals surface area (Å²) in [4.78, 5) is 8.86. The fourth-order valence-electron chi connectivity index (χ4n) is 1.72. The van der Waals surface area contributed by atoms with Crippen molar-refractivity contribution in [3.63, 3.8) is 0 Å². The maximum atomic E-state index is 5.33. The number of unbranched alkanes of at least 4 members (excludes halogenated alkanes) is 1. The number of hydrogen-bond acceptors (Lipinski definition) is 5. The van der Waals surface area contributed by atoms with E-state index in [1.54, 1.807) is 23.1 Å². The summed E-state index contributed by atoms with van der Waals surface area (Å²) in [6, 6.07) is 0. The summed E-state index contributed by atoms with van der Waals surface area (Å²) in [5.41, 5.74) is 0. The predicted molar refractivity (Wildman–Crippen MR) is 97.2 cm³/mol. The molecule has 22 heavy (non-hydrogen) atoms. The van der Waals surface area contributed by atoms with E-state index in [2.05, 4.69) is 27.5 Å². The molecule has 0 fully saturated rings. The number of ether oxygens (including phenoxy) is 1. The first-order valence-corrected chi connectivity index (χ1v) is 9.85. The summed E-state index contributed by atoms with van der Waals surface area (Å²) in [6.07, 6.45) is 5.10. The second-order valence-corrected chi connectivity index (χ2v) is 6.83. The van der Waals surface area contributed by atoms with Crippen molar-refractivity contribution in [2.45, 2.75) is 37.4 Å². The Hall–Kier alpha value is -0.790. The molecule has 0 aromatic carbocycles. The van der Waals surface area contributed by atoms with Gasteiger partial charge in [-0.1, -0.05) is 11.8 Å². The topological polar surface area (TPSA) is 58.5 Å². The minimum atomic E-state index is 0.802. The smallest absolute Gasteiger partial charge is 0.191 e. The van der Waals surface area contributed by atoms with Crippen LogP contribution in [0.25, 0.3) is 0 Å². The molecule has 0 atom stereocenters. The zero-order valence-electron chi connectivity index (χ0n) is 13.6. The second-order valence-electron chi connectivity index (χ2n) is 4.59. The van der Waals surface area contributed by atoms with Crippen molar-refractivity contribution in [3.8, 4) is 0 Å². The van der Waals surface area contributed by atoms with Crippen LogP contribution >= 0.6 is 23.1 Å². The summed E-state index contributed by atoms with van der Waals surface area (Å²) < 4.78 is 6.47. The molecule has 1 aromatic rings. The van der Waals surface area contributed by atoms with Gasteiger partial charge in [0.1, 0.15) is 4.34 Å². The van der Waals surface area contributed by atoms with E-state index in [0.717, 1.165) is 68.2 Å². The van der Waals surface area contributed by atoms with E-state index < -0.39 is 0 Å². The van der Waals surface area contributed by atoms with E-state index in [9.17, 15) is 0 Å². The lowest BCUT2D eigenvalue weighted by Gasteiger charge is -2.11. The fourth-order valence-corrected chi connectivity index (χ4v) is 3.35. The molecule has 1 aromatic heterocycles. The Labute approximate surface area is 142 Å². The molecule has 1 rings (SSSR count). The molecule has 0 aliphatic heterocycles. The number of nitrogens with one attached hydrogen (secondary N) is 2. The van der Waals surface area contributed by atoms with Crippen LogP contribution in [0.3, 0.4) is 0 Å². The SMILES string of the molecule is CCNC(=NCCCSc1nccs1)NCCCCOCC. The van der Waals surface area contributed by atoms with E-state index in [-0.39, 0.29) is 0 Å². The van der Waals surface area contributed by atoms with Gasteiger partial charge in [0.15, 0.2) is 5.96 Å². The average Bonchev–Trinajstić information content (AvgIpc) is 3.03. The van der Waals surface area contributed by atoms with Crippen LogP contribution in [0.4, 0.5) is 0 Å². The Balaban J connectivity index is 2.09. The molecular formula is C15H28N4OS2. The van der Waals surface area contributed by atoms with Gasteiger partial charge in [0, 0.05) is 50.2 Å². The maximum Gasteiger partial charge on any atom is 0.191 e. The van der Waals surface area contributed by atoms with Gasteiger partial charge in [-0.05, 0) is 33.1 Å². The van der Waals surface area contributed by atoms with Gasteiger partial charge in [-0.2, -0.15) is 0 Å². The molecular weight excluding hydrogens is 316 g/mol. The third-order valence-corrected chi connectivity index (χ3v) is 4.82. The Morgan fingerprint density at radius 2 is 2.23 bits per heavy atom. The minimum Gasteiger partial charge on any atom is -0.382 e. The van der Waals surface area contributed by atoms with Crippen LogP contribution in [0.15, 0.2) is 20.9 Å². The zero-order valence-corrected chi connectivity index (χ0v) is 15.3. The van der Waals surface area contributed by atoms with Gasteiger partial charge in [-0.25, -0.2) is 4.98 Å². The number of nitrogens with zero attached hydrogens (tertiary/aromatic N) is 2. The van der Waals surface area contributed by atoms with Crippen LogP contribution in [-0.2, 0) is 4.74 Å². The number of aromatic nitrogens is 1. The molecule has 0 spiro atoms. The first kappa shape index (κ1) is 19.3. The molecule has 2 N–H and O–H groups in total. The van der Waals surface area contributed by atoms with E-state index in [0.29, 0.717) is 0 Å². The van der Waals surface area contributed by atoms with Gasteiger partial charge in [-0.15, -0.1) is 11.3 Å². The van der Waals surface area contributed by atoms with Crippen molar-refractivity contribution >= 4 is 29.1 Å². The lowest BCUT2D eigenvalue weighted by atomic mass is 10.3. The summed E-state index contributed by atoms with van der Waals surface area (Å²) in [5.74, 6) is 1.98. The highest BCUT2D eigenvalue weighted by atomic mass is 32.2. The van der Waals surface area contributed by atoms with Crippen LogP contribution in [0.5, 0.6) is 0 Å². The maximum absolute atomic E-state index is 5.33. The summed E-state index contributed by atoms with van der Waals surface area (Å²) in [6.45, 7) is 8.43. The highest BCUT2D eigenvalue weighted by Crippen LogP contribution is 2.20. The fraction of sp³-hybridized carbons (Fsp3) is 0.733. The van der Waals surface area contributed by atoms with Crippen LogP contribution < -0.4 is 10.6 Å². The van der Waals surface area contributed by atoms with E-state index in [4.69, 9.17) is 4.74 Å². The molecule has 0 bridgehead atoms. The largest absolute Gasteiger partial charge is 0.382 e. The van der Waals surface area contributed by atoms with E-state index >= 15 is 0 Å². The number of thiazole rings is 1. The van der Waals surface area contributed by atoms with Crippen molar-refractivity contribution in [2.24, 2.45) is 4.99 Å². The monoisotopic (exact) mass is 344 g/mol. The molecule has 7 heteroatoms. The van der Waals surface area contributed by atoms with E-state index in [1.807, 2.05) is 18.5 Å². The first-order valence-electron chi connectivity index (χ1n) is 7.99. The molecule has 126 valence electrons. The number of rotatable bonds is 12. The standard InChI is InChI=1S/C15H28N4OS2/c1-3-16-14(17-8-5-6-11-20-4-2)18-9-7-12-21-15-19-10-13-22-15/h10,13H,3-9,11-12H2,1-2H3,(H2,16,17,18). The van der Waals surface area contributed by atoms with Crippen molar-refractivity contribution in [1.82, 2.24) is 15.6 Å². The molecule has 0 saturated heterocycles. The molecule has 0 unspecified atom stereocenters. The van der Waals surface area contributed by atoms with Crippen LogP contribution in [0.1, 0.15) is 33.1 Å². The molecule has 0 amide bonds. The lowest BCUT2D eigenvalue weighted by Crippen LogP contribution is -2.38. The van der Waals surface area contributed by atoms with Crippen molar-refractivity contribution < 1.29 is 4.74 Å². The molecule has 0 aliphatic rings. The third-order valence-electron chi connectivity index (χ3n) is 2.76. The van der Waals surface area contributed by atoms with Crippen molar-refractivity contribution in [2.75, 3.05) is 38.6 Å². The number of guanidine groups is 1. The average molecular weight is 345 g/mol. The quantitative estimate of drug-likeness (QED) is 0.264. The van der Waals surface area contributed by atoms with Gasteiger partial charge >= 0.3 is 0 Å². The van der Waals surface area contributed by atoms with Crippen LogP contribution in [0, 0.1) is 0 Å². The molecule has 1 heterocycles. The summed E-state index contributed by atoms with van der Waals surface area (Å²) in [7, 11) is 0. The lowest BCUT2D eigenvalue weighted by molar-refractivity contribution is 0.143. The van der Waals surface area contributed by atoms with Gasteiger partial charge in [0.2, 0.25) is 0 Å². The predicted octanol–water partition coefficient (Wildman–Crippen LogP) is 3.00. The van der Waals surface area contributed by atoms with Gasteiger partial charge in [-0.3, -0.25) is 4.99 Å². The third kappa shape index (κ3) is 10.0.